The van der Waals surface area contributed by atoms with Crippen LogP contribution in [0.15, 0.2) is 65.2 Å². The van der Waals surface area contributed by atoms with Crippen LogP contribution in [0.25, 0.3) is 11.0 Å². The van der Waals surface area contributed by atoms with Crippen molar-refractivity contribution in [2.45, 2.75) is 19.4 Å². The summed E-state index contributed by atoms with van der Waals surface area (Å²) < 4.78 is 2.08. The van der Waals surface area contributed by atoms with Crippen molar-refractivity contribution in [3.05, 3.63) is 65.8 Å². The zero-order valence-corrected chi connectivity index (χ0v) is 12.7. The van der Waals surface area contributed by atoms with Crippen LogP contribution in [0, 0.1) is 0 Å². The predicted molar refractivity (Wildman–Crippen MR) is 92.3 cm³/mol. The van der Waals surface area contributed by atoms with Crippen molar-refractivity contribution in [2.24, 2.45) is 10.7 Å². The maximum atomic E-state index is 11.2. The topological polar surface area (TPSA) is 73.3 Å². The van der Waals surface area contributed by atoms with Crippen molar-refractivity contribution < 1.29 is 4.79 Å². The summed E-state index contributed by atoms with van der Waals surface area (Å²) in [5.41, 5.74) is 9.99. The van der Waals surface area contributed by atoms with Gasteiger partial charge in [-0.1, -0.05) is 11.6 Å². The molecule has 0 saturated heterocycles. The van der Waals surface area contributed by atoms with E-state index in [2.05, 4.69) is 20.6 Å². The van der Waals surface area contributed by atoms with Gasteiger partial charge in [-0.15, -0.1) is 0 Å². The third-order valence-electron chi connectivity index (χ3n) is 3.82. The molecule has 5 nitrogen and oxygen atoms in total. The second kappa shape index (κ2) is 6.87. The van der Waals surface area contributed by atoms with Crippen LogP contribution in [-0.2, 0) is 6.54 Å². The fraction of sp³-hybridized carbons (Fsp3) is 0.167. The maximum absolute atomic E-state index is 11.2. The van der Waals surface area contributed by atoms with E-state index in [1.54, 1.807) is 18.5 Å². The third-order valence-corrected chi connectivity index (χ3v) is 3.82. The number of carbonyl (C=O) groups excluding carboxylic acids is 1. The molecule has 0 amide bonds. The van der Waals surface area contributed by atoms with Crippen molar-refractivity contribution in [3.63, 3.8) is 0 Å². The summed E-state index contributed by atoms with van der Waals surface area (Å²) in [6.45, 7) is 0.756. The molecular formula is C18H18N4O. The molecule has 0 unspecified atom stereocenters. The second-order valence-electron chi connectivity index (χ2n) is 5.35. The highest BCUT2D eigenvalue weighted by Gasteiger charge is 2.11. The highest BCUT2D eigenvalue weighted by molar-refractivity contribution is 5.94. The molecule has 0 saturated carbocycles. The fourth-order valence-electron chi connectivity index (χ4n) is 2.68. The number of nitrogens with zero attached hydrogens (tertiary/aromatic N) is 3. The molecule has 3 rings (SSSR count). The van der Waals surface area contributed by atoms with Gasteiger partial charge in [0.1, 0.15) is 0 Å². The molecule has 0 aliphatic heterocycles. The average molecular weight is 306 g/mol. The summed E-state index contributed by atoms with van der Waals surface area (Å²) in [5, 5.41) is 0. The standard InChI is InChI=1S/C18H18N4O/c19-8-2-10-20-16-6-4-14(5-7-16)11-22-12-15(13-23)18-17(22)3-1-9-21-18/h1-4,6,8-10,12-13H,5,7,11,19H2. The van der Waals surface area contributed by atoms with E-state index in [0.717, 1.165) is 42.4 Å². The van der Waals surface area contributed by atoms with Gasteiger partial charge in [0.2, 0.25) is 0 Å². The SMILES string of the molecule is NC=CC=NC1=CC=C(Cn2cc(C=O)c3ncccc32)CC1. The summed E-state index contributed by atoms with van der Waals surface area (Å²) in [6, 6.07) is 3.88. The van der Waals surface area contributed by atoms with Crippen molar-refractivity contribution >= 4 is 23.5 Å². The summed E-state index contributed by atoms with van der Waals surface area (Å²) in [4.78, 5) is 19.8. The molecule has 5 heteroatoms. The lowest BCUT2D eigenvalue weighted by Crippen LogP contribution is -2.02. The number of rotatable bonds is 5. The van der Waals surface area contributed by atoms with Crippen LogP contribution in [0.2, 0.25) is 0 Å². The maximum Gasteiger partial charge on any atom is 0.153 e. The molecule has 2 N–H and O–H groups in total. The fourth-order valence-corrected chi connectivity index (χ4v) is 2.68. The van der Waals surface area contributed by atoms with Crippen LogP contribution in [-0.4, -0.2) is 22.1 Å². The first-order valence-electron chi connectivity index (χ1n) is 7.50. The van der Waals surface area contributed by atoms with Gasteiger partial charge in [0.15, 0.2) is 6.29 Å². The molecule has 0 fully saturated rings. The van der Waals surface area contributed by atoms with Crippen molar-refractivity contribution in [2.75, 3.05) is 0 Å². The number of allylic oxidation sites excluding steroid dienone is 5. The summed E-state index contributed by atoms with van der Waals surface area (Å²) in [5.74, 6) is 0. The molecule has 0 bridgehead atoms. The molecule has 2 aromatic rings. The number of nitrogens with two attached hydrogens (primary N) is 1. The Morgan fingerprint density at radius 1 is 1.35 bits per heavy atom. The summed E-state index contributed by atoms with van der Waals surface area (Å²) in [7, 11) is 0. The number of hydrogen-bond donors (Lipinski definition) is 1. The van der Waals surface area contributed by atoms with Crippen LogP contribution in [0.1, 0.15) is 23.2 Å². The Hall–Kier alpha value is -2.95. The second-order valence-corrected chi connectivity index (χ2v) is 5.35. The Bertz CT molecular complexity index is 840. The number of aldehydes is 1. The Morgan fingerprint density at radius 2 is 2.26 bits per heavy atom. The van der Waals surface area contributed by atoms with Gasteiger partial charge in [0, 0.05) is 30.9 Å². The number of carbonyl (C=O) groups is 1. The quantitative estimate of drug-likeness (QED) is 0.681. The number of aliphatic imine (C=N–C) groups is 1. The smallest absolute Gasteiger partial charge is 0.153 e. The molecule has 1 aliphatic rings. The van der Waals surface area contributed by atoms with E-state index in [1.165, 1.54) is 11.8 Å². The molecule has 116 valence electrons. The normalized spacial score (nSPS) is 15.3. The number of pyridine rings is 1. The van der Waals surface area contributed by atoms with Gasteiger partial charge in [-0.25, -0.2) is 0 Å². The van der Waals surface area contributed by atoms with Gasteiger partial charge in [-0.2, -0.15) is 0 Å². The number of hydrogen-bond acceptors (Lipinski definition) is 4. The molecule has 0 spiro atoms. The lowest BCUT2D eigenvalue weighted by Gasteiger charge is -2.13. The zero-order chi connectivity index (χ0) is 16.1. The minimum absolute atomic E-state index is 0.631. The first-order valence-corrected chi connectivity index (χ1v) is 7.50. The zero-order valence-electron chi connectivity index (χ0n) is 12.7. The van der Waals surface area contributed by atoms with Crippen molar-refractivity contribution in [1.82, 2.24) is 9.55 Å². The van der Waals surface area contributed by atoms with E-state index in [-0.39, 0.29) is 0 Å². The van der Waals surface area contributed by atoms with Gasteiger partial charge >= 0.3 is 0 Å². The molecule has 2 heterocycles. The Morgan fingerprint density at radius 3 is 3.00 bits per heavy atom. The Balaban J connectivity index is 1.82. The predicted octanol–water partition coefficient (Wildman–Crippen LogP) is 3.00. The third kappa shape index (κ3) is 3.29. The molecule has 2 aromatic heterocycles. The Labute approximate surface area is 134 Å². The number of aromatic nitrogens is 2. The van der Waals surface area contributed by atoms with Gasteiger partial charge in [-0.05, 0) is 43.3 Å². The van der Waals surface area contributed by atoms with E-state index < -0.39 is 0 Å². The van der Waals surface area contributed by atoms with Crippen molar-refractivity contribution in [3.8, 4) is 0 Å². The molecule has 0 aromatic carbocycles. The number of fused-ring (bicyclic) bond motifs is 1. The van der Waals surface area contributed by atoms with E-state index in [9.17, 15) is 4.79 Å². The van der Waals surface area contributed by atoms with Crippen molar-refractivity contribution in [1.29, 1.82) is 0 Å². The molecule has 0 atom stereocenters. The summed E-state index contributed by atoms with van der Waals surface area (Å²) >= 11 is 0. The minimum atomic E-state index is 0.631. The van der Waals surface area contributed by atoms with E-state index in [4.69, 9.17) is 5.73 Å². The first kappa shape index (κ1) is 15.0. The molecule has 0 radical (unpaired) electrons. The summed E-state index contributed by atoms with van der Waals surface area (Å²) in [6.07, 6.45) is 15.3. The lowest BCUT2D eigenvalue weighted by molar-refractivity contribution is 0.112. The van der Waals surface area contributed by atoms with Crippen LogP contribution in [0.4, 0.5) is 0 Å². The van der Waals surface area contributed by atoms with Crippen LogP contribution in [0.3, 0.4) is 0 Å². The van der Waals surface area contributed by atoms with E-state index >= 15 is 0 Å². The van der Waals surface area contributed by atoms with E-state index in [1.807, 2.05) is 24.4 Å². The molecule has 23 heavy (non-hydrogen) atoms. The monoisotopic (exact) mass is 306 g/mol. The minimum Gasteiger partial charge on any atom is -0.405 e. The first-order chi connectivity index (χ1) is 11.3. The molecular weight excluding hydrogens is 288 g/mol. The largest absolute Gasteiger partial charge is 0.405 e. The highest BCUT2D eigenvalue weighted by Crippen LogP contribution is 2.24. The average Bonchev–Trinajstić information content (AvgIpc) is 2.95. The van der Waals surface area contributed by atoms with Gasteiger partial charge in [-0.3, -0.25) is 14.8 Å². The van der Waals surface area contributed by atoms with Gasteiger partial charge < -0.3 is 10.3 Å². The lowest BCUT2D eigenvalue weighted by atomic mass is 10.0. The van der Waals surface area contributed by atoms with Gasteiger partial charge in [0.25, 0.3) is 0 Å². The van der Waals surface area contributed by atoms with E-state index in [0.29, 0.717) is 5.56 Å². The van der Waals surface area contributed by atoms with Crippen LogP contribution in [0.5, 0.6) is 0 Å². The highest BCUT2D eigenvalue weighted by atomic mass is 16.1. The molecule has 1 aliphatic carbocycles. The van der Waals surface area contributed by atoms with Crippen LogP contribution >= 0.6 is 0 Å². The van der Waals surface area contributed by atoms with Gasteiger partial charge in [0.05, 0.1) is 16.6 Å². The Kier molecular flexibility index (Phi) is 4.47. The van der Waals surface area contributed by atoms with Crippen LogP contribution < -0.4 is 5.73 Å².